The molecule has 4 nitrogen and oxygen atoms in total. The van der Waals surface area contributed by atoms with Crippen LogP contribution in [0, 0.1) is 0 Å². The molecule has 30 heavy (non-hydrogen) atoms. The van der Waals surface area contributed by atoms with Gasteiger partial charge in [0.05, 0.1) is 5.56 Å². The van der Waals surface area contributed by atoms with Crippen LogP contribution in [0.2, 0.25) is 10.0 Å². The number of carbonyl (C=O) groups is 1. The molecule has 0 N–H and O–H groups in total. The number of ether oxygens (including phenoxy) is 2. The highest BCUT2D eigenvalue weighted by atomic mass is 35.5. The Bertz CT molecular complexity index is 1110. The molecule has 0 aliphatic carbocycles. The van der Waals surface area contributed by atoms with Crippen molar-refractivity contribution in [3.63, 3.8) is 0 Å². The molecule has 1 unspecified atom stereocenters. The molecule has 3 aromatic carbocycles. The normalized spacial score (nSPS) is 17.6. The van der Waals surface area contributed by atoms with Crippen LogP contribution in [0.5, 0.6) is 5.75 Å². The summed E-state index contributed by atoms with van der Waals surface area (Å²) in [4.78, 5) is 14.9. The zero-order valence-corrected chi connectivity index (χ0v) is 17.8. The minimum atomic E-state index is -1.22. The zero-order valence-electron chi connectivity index (χ0n) is 16.3. The number of anilines is 1. The highest BCUT2D eigenvalue weighted by molar-refractivity contribution is 6.31. The van der Waals surface area contributed by atoms with E-state index in [1.165, 1.54) is 0 Å². The average molecular weight is 440 g/mol. The first-order chi connectivity index (χ1) is 14.4. The number of benzene rings is 3. The first-order valence-electron chi connectivity index (χ1n) is 9.30. The van der Waals surface area contributed by atoms with E-state index in [0.717, 1.165) is 11.3 Å². The summed E-state index contributed by atoms with van der Waals surface area (Å²) in [5, 5.41) is 1.07. The molecule has 1 aliphatic rings. The van der Waals surface area contributed by atoms with Crippen molar-refractivity contribution < 1.29 is 14.3 Å². The van der Waals surface area contributed by atoms with Gasteiger partial charge in [0, 0.05) is 33.9 Å². The van der Waals surface area contributed by atoms with E-state index in [1.807, 2.05) is 36.2 Å². The smallest absolute Gasteiger partial charge is 0.340 e. The van der Waals surface area contributed by atoms with Crippen LogP contribution in [0.3, 0.4) is 0 Å². The third-order valence-corrected chi connectivity index (χ3v) is 5.66. The number of esters is 1. The molecule has 0 spiro atoms. The Hall–Kier alpha value is -2.95. The van der Waals surface area contributed by atoms with Crippen molar-refractivity contribution in [2.24, 2.45) is 0 Å². The highest BCUT2D eigenvalue weighted by Crippen LogP contribution is 2.46. The lowest BCUT2D eigenvalue weighted by atomic mass is 10.0. The van der Waals surface area contributed by atoms with Gasteiger partial charge in [0.2, 0.25) is 5.72 Å². The fourth-order valence-corrected chi connectivity index (χ4v) is 3.83. The molecule has 1 atom stereocenters. The van der Waals surface area contributed by atoms with Crippen molar-refractivity contribution in [1.29, 1.82) is 0 Å². The number of hydrogen-bond donors (Lipinski definition) is 0. The fourth-order valence-electron chi connectivity index (χ4n) is 3.51. The number of rotatable bonds is 5. The van der Waals surface area contributed by atoms with Crippen molar-refractivity contribution in [3.05, 3.63) is 101 Å². The maximum atomic E-state index is 13.0. The Kier molecular flexibility index (Phi) is 5.46. The van der Waals surface area contributed by atoms with Gasteiger partial charge in [-0.3, -0.25) is 0 Å². The summed E-state index contributed by atoms with van der Waals surface area (Å²) < 4.78 is 12.1. The molecule has 0 fully saturated rings. The number of carbonyl (C=O) groups excluding carboxylic acids is 1. The van der Waals surface area contributed by atoms with Crippen molar-refractivity contribution >= 4 is 40.4 Å². The summed E-state index contributed by atoms with van der Waals surface area (Å²) >= 11 is 12.0. The van der Waals surface area contributed by atoms with Crippen molar-refractivity contribution in [2.45, 2.75) is 5.72 Å². The number of hydrogen-bond acceptors (Lipinski definition) is 4. The number of fused-ring (bicyclic) bond motifs is 1. The van der Waals surface area contributed by atoms with E-state index in [9.17, 15) is 4.79 Å². The molecular formula is C24H19Cl2NO3. The molecular weight excluding hydrogens is 421 g/mol. The predicted octanol–water partition coefficient (Wildman–Crippen LogP) is 6.09. The van der Waals surface area contributed by atoms with Crippen LogP contribution in [-0.4, -0.2) is 25.3 Å². The lowest BCUT2D eigenvalue weighted by Crippen LogP contribution is -2.52. The summed E-state index contributed by atoms with van der Waals surface area (Å²) in [5.74, 6) is 0.0905. The molecule has 1 heterocycles. The molecule has 4 rings (SSSR count). The number of nitrogens with zero attached hydrogens (tertiary/aromatic N) is 1. The van der Waals surface area contributed by atoms with E-state index in [0.29, 0.717) is 26.9 Å². The van der Waals surface area contributed by atoms with Crippen LogP contribution in [0.15, 0.2) is 79.4 Å². The molecule has 0 radical (unpaired) electrons. The summed E-state index contributed by atoms with van der Waals surface area (Å²) in [6.07, 6.45) is 0. The van der Waals surface area contributed by atoms with Gasteiger partial charge in [-0.15, -0.1) is 0 Å². The summed E-state index contributed by atoms with van der Waals surface area (Å²) in [5.41, 5.74) is 1.58. The highest BCUT2D eigenvalue weighted by Gasteiger charge is 2.49. The Balaban J connectivity index is 1.69. The van der Waals surface area contributed by atoms with E-state index >= 15 is 0 Å². The quantitative estimate of drug-likeness (QED) is 0.450. The Morgan fingerprint density at radius 3 is 2.43 bits per heavy atom. The van der Waals surface area contributed by atoms with Gasteiger partial charge in [0.15, 0.2) is 6.61 Å². The van der Waals surface area contributed by atoms with Gasteiger partial charge in [-0.05, 0) is 48.5 Å². The second kappa shape index (κ2) is 8.05. The number of halogens is 2. The van der Waals surface area contributed by atoms with Gasteiger partial charge < -0.3 is 14.4 Å². The van der Waals surface area contributed by atoms with Gasteiger partial charge in [0.1, 0.15) is 5.75 Å². The van der Waals surface area contributed by atoms with Gasteiger partial charge >= 0.3 is 5.97 Å². The molecule has 0 aromatic heterocycles. The van der Waals surface area contributed by atoms with Crippen LogP contribution in [0.25, 0.3) is 5.57 Å². The summed E-state index contributed by atoms with van der Waals surface area (Å²) in [7, 11) is 1.85. The maximum Gasteiger partial charge on any atom is 0.340 e. The third kappa shape index (κ3) is 3.64. The lowest BCUT2D eigenvalue weighted by molar-refractivity contribution is -0.00786. The van der Waals surface area contributed by atoms with Crippen LogP contribution >= 0.6 is 23.2 Å². The molecule has 1 aliphatic heterocycles. The van der Waals surface area contributed by atoms with Crippen LogP contribution in [-0.2, 0) is 4.74 Å². The second-order valence-electron chi connectivity index (χ2n) is 6.98. The van der Waals surface area contributed by atoms with Gasteiger partial charge in [-0.1, -0.05) is 54.0 Å². The predicted molar refractivity (Wildman–Crippen MR) is 120 cm³/mol. The molecule has 0 amide bonds. The Labute approximate surface area is 185 Å². The standard InChI is InChI=1S/C24H19Cl2NO3/c1-16-21-8-3-4-9-22(21)27(2)24(16,15-29-20-12-10-18(25)11-13-20)30-23(28)17-6-5-7-19(26)14-17/h3-14H,1,15H2,2H3. The third-order valence-electron chi connectivity index (χ3n) is 5.17. The summed E-state index contributed by atoms with van der Waals surface area (Å²) in [6, 6.07) is 21.4. The van der Waals surface area contributed by atoms with Crippen molar-refractivity contribution in [3.8, 4) is 5.75 Å². The summed E-state index contributed by atoms with van der Waals surface area (Å²) in [6.45, 7) is 4.29. The van der Waals surface area contributed by atoms with Crippen LogP contribution < -0.4 is 9.64 Å². The molecule has 0 saturated carbocycles. The van der Waals surface area contributed by atoms with Crippen molar-refractivity contribution in [2.75, 3.05) is 18.6 Å². The first-order valence-corrected chi connectivity index (χ1v) is 10.1. The number of likely N-dealkylation sites (N-methyl/N-ethyl adjacent to an activating group) is 1. The van der Waals surface area contributed by atoms with E-state index in [4.69, 9.17) is 32.7 Å². The molecule has 0 saturated heterocycles. The van der Waals surface area contributed by atoms with E-state index in [-0.39, 0.29) is 6.61 Å². The lowest BCUT2D eigenvalue weighted by Gasteiger charge is -2.37. The topological polar surface area (TPSA) is 38.8 Å². The maximum absolute atomic E-state index is 13.0. The first kappa shape index (κ1) is 20.3. The SMILES string of the molecule is C=C1c2ccccc2N(C)C1(COc1ccc(Cl)cc1)OC(=O)c1cccc(Cl)c1. The average Bonchev–Trinajstić information content (AvgIpc) is 2.96. The zero-order chi connectivity index (χ0) is 21.3. The van der Waals surface area contributed by atoms with Gasteiger partial charge in [0.25, 0.3) is 0 Å². The Morgan fingerprint density at radius 2 is 1.73 bits per heavy atom. The minimum Gasteiger partial charge on any atom is -0.487 e. The number of para-hydroxylation sites is 1. The fraction of sp³-hybridized carbons (Fsp3) is 0.125. The second-order valence-corrected chi connectivity index (χ2v) is 7.85. The molecule has 3 aromatic rings. The Morgan fingerprint density at radius 1 is 1.00 bits per heavy atom. The van der Waals surface area contributed by atoms with E-state index < -0.39 is 11.7 Å². The van der Waals surface area contributed by atoms with E-state index in [2.05, 4.69) is 6.58 Å². The van der Waals surface area contributed by atoms with Gasteiger partial charge in [-0.25, -0.2) is 4.79 Å². The largest absolute Gasteiger partial charge is 0.487 e. The molecule has 152 valence electrons. The van der Waals surface area contributed by atoms with Crippen LogP contribution in [0.1, 0.15) is 15.9 Å². The van der Waals surface area contributed by atoms with E-state index in [1.54, 1.807) is 48.5 Å². The monoisotopic (exact) mass is 439 g/mol. The molecule has 6 heteroatoms. The molecule has 0 bridgehead atoms. The van der Waals surface area contributed by atoms with Crippen molar-refractivity contribution in [1.82, 2.24) is 0 Å². The minimum absolute atomic E-state index is 0.0466. The van der Waals surface area contributed by atoms with Crippen LogP contribution in [0.4, 0.5) is 5.69 Å². The van der Waals surface area contributed by atoms with Gasteiger partial charge in [-0.2, -0.15) is 0 Å².